The second-order valence-corrected chi connectivity index (χ2v) is 4.62. The highest BCUT2D eigenvalue weighted by molar-refractivity contribution is 6.36. The predicted octanol–water partition coefficient (Wildman–Crippen LogP) is 4.37. The Labute approximate surface area is 119 Å². The van der Waals surface area contributed by atoms with Crippen molar-refractivity contribution in [1.82, 2.24) is 0 Å². The zero-order valence-corrected chi connectivity index (χ0v) is 11.4. The number of halogens is 3. The van der Waals surface area contributed by atoms with Crippen molar-refractivity contribution in [3.63, 3.8) is 0 Å². The lowest BCUT2D eigenvalue weighted by atomic mass is 10.0. The zero-order valence-electron chi connectivity index (χ0n) is 9.91. The van der Waals surface area contributed by atoms with Crippen LogP contribution in [0.3, 0.4) is 0 Å². The molecule has 0 N–H and O–H groups in total. The van der Waals surface area contributed by atoms with Crippen LogP contribution >= 0.6 is 23.2 Å². The van der Waals surface area contributed by atoms with Crippen molar-refractivity contribution in [1.29, 1.82) is 0 Å². The Morgan fingerprint density at radius 1 is 1.16 bits per heavy atom. The van der Waals surface area contributed by atoms with Crippen LogP contribution in [0.5, 0.6) is 5.75 Å². The van der Waals surface area contributed by atoms with Crippen molar-refractivity contribution in [3.05, 3.63) is 63.4 Å². The van der Waals surface area contributed by atoms with Crippen molar-refractivity contribution >= 4 is 29.0 Å². The van der Waals surface area contributed by atoms with Crippen molar-refractivity contribution in [2.75, 3.05) is 7.11 Å². The van der Waals surface area contributed by atoms with Crippen LogP contribution in [0.4, 0.5) is 4.39 Å². The lowest BCUT2D eigenvalue weighted by Crippen LogP contribution is -2.06. The highest BCUT2D eigenvalue weighted by Crippen LogP contribution is 2.27. The van der Waals surface area contributed by atoms with Crippen molar-refractivity contribution in [2.24, 2.45) is 0 Å². The average molecular weight is 299 g/mol. The first-order chi connectivity index (χ1) is 9.04. The summed E-state index contributed by atoms with van der Waals surface area (Å²) in [6, 6.07) is 8.81. The van der Waals surface area contributed by atoms with Crippen LogP contribution in [0.1, 0.15) is 15.9 Å². The van der Waals surface area contributed by atoms with Gasteiger partial charge in [-0.25, -0.2) is 4.39 Å². The van der Waals surface area contributed by atoms with Crippen molar-refractivity contribution < 1.29 is 13.9 Å². The SMILES string of the molecule is COc1cccc(C(=O)c2cc(Cl)ccc2Cl)c1F. The molecule has 0 aliphatic heterocycles. The van der Waals surface area contributed by atoms with Gasteiger partial charge in [0.1, 0.15) is 0 Å². The highest BCUT2D eigenvalue weighted by atomic mass is 35.5. The number of benzene rings is 2. The quantitative estimate of drug-likeness (QED) is 0.787. The number of carbonyl (C=O) groups excluding carboxylic acids is 1. The lowest BCUT2D eigenvalue weighted by molar-refractivity contribution is 0.103. The molecule has 2 rings (SSSR count). The van der Waals surface area contributed by atoms with Gasteiger partial charge >= 0.3 is 0 Å². The van der Waals surface area contributed by atoms with Gasteiger partial charge in [-0.15, -0.1) is 0 Å². The molecule has 0 aliphatic rings. The number of methoxy groups -OCH3 is 1. The summed E-state index contributed by atoms with van der Waals surface area (Å²) in [4.78, 5) is 12.3. The standard InChI is InChI=1S/C14H9Cl2FO2/c1-19-12-4-2-3-9(13(12)17)14(18)10-7-8(15)5-6-11(10)16/h2-7H,1H3. The van der Waals surface area contributed by atoms with Gasteiger partial charge in [-0.2, -0.15) is 0 Å². The first-order valence-electron chi connectivity index (χ1n) is 5.37. The molecule has 0 atom stereocenters. The molecule has 0 radical (unpaired) electrons. The fraction of sp³-hybridized carbons (Fsp3) is 0.0714. The minimum absolute atomic E-state index is 0.00370. The van der Waals surface area contributed by atoms with Gasteiger partial charge in [0.25, 0.3) is 0 Å². The number of ketones is 1. The fourth-order valence-corrected chi connectivity index (χ4v) is 2.04. The van der Waals surface area contributed by atoms with E-state index in [1.165, 1.54) is 37.4 Å². The van der Waals surface area contributed by atoms with Crippen LogP contribution < -0.4 is 4.74 Å². The summed E-state index contributed by atoms with van der Waals surface area (Å²) in [5.41, 5.74) is 0.0461. The molecule has 2 nitrogen and oxygen atoms in total. The van der Waals surface area contributed by atoms with E-state index >= 15 is 0 Å². The van der Waals surface area contributed by atoms with Gasteiger partial charge in [-0.3, -0.25) is 4.79 Å². The maximum Gasteiger partial charge on any atom is 0.197 e. The lowest BCUT2D eigenvalue weighted by Gasteiger charge is -2.08. The van der Waals surface area contributed by atoms with Crippen LogP contribution in [0.15, 0.2) is 36.4 Å². The Morgan fingerprint density at radius 3 is 2.58 bits per heavy atom. The van der Waals surface area contributed by atoms with E-state index in [1.54, 1.807) is 6.07 Å². The highest BCUT2D eigenvalue weighted by Gasteiger charge is 2.19. The molecule has 19 heavy (non-hydrogen) atoms. The van der Waals surface area contributed by atoms with Gasteiger partial charge in [0.15, 0.2) is 17.3 Å². The minimum atomic E-state index is -0.717. The first-order valence-corrected chi connectivity index (χ1v) is 6.12. The third-order valence-corrected chi connectivity index (χ3v) is 3.17. The Kier molecular flexibility index (Phi) is 4.08. The Hall–Kier alpha value is -1.58. The smallest absolute Gasteiger partial charge is 0.197 e. The topological polar surface area (TPSA) is 26.3 Å². The zero-order chi connectivity index (χ0) is 14.0. The van der Waals surface area contributed by atoms with E-state index in [0.717, 1.165) is 0 Å². The summed E-state index contributed by atoms with van der Waals surface area (Å²) < 4.78 is 18.9. The van der Waals surface area contributed by atoms with E-state index in [2.05, 4.69) is 0 Å². The molecule has 5 heteroatoms. The molecule has 0 heterocycles. The molecular formula is C14H9Cl2FO2. The summed E-state index contributed by atoms with van der Waals surface area (Å²) in [6.07, 6.45) is 0. The van der Waals surface area contributed by atoms with Gasteiger partial charge in [0, 0.05) is 10.6 Å². The van der Waals surface area contributed by atoms with E-state index < -0.39 is 11.6 Å². The number of carbonyl (C=O) groups is 1. The van der Waals surface area contributed by atoms with Gasteiger partial charge < -0.3 is 4.74 Å². The monoisotopic (exact) mass is 298 g/mol. The van der Waals surface area contributed by atoms with Crippen LogP contribution in [0.25, 0.3) is 0 Å². The number of hydrogen-bond acceptors (Lipinski definition) is 2. The van der Waals surface area contributed by atoms with Crippen molar-refractivity contribution in [2.45, 2.75) is 0 Å². The van der Waals surface area contributed by atoms with Crippen LogP contribution in [-0.4, -0.2) is 12.9 Å². The normalized spacial score (nSPS) is 10.3. The first kappa shape index (κ1) is 13.8. The minimum Gasteiger partial charge on any atom is -0.494 e. The molecule has 0 bridgehead atoms. The maximum absolute atomic E-state index is 14.0. The Balaban J connectivity index is 2.53. The molecule has 0 unspecified atom stereocenters. The second-order valence-electron chi connectivity index (χ2n) is 3.78. The summed E-state index contributed by atoms with van der Waals surface area (Å²) in [7, 11) is 1.33. The average Bonchev–Trinajstić information content (AvgIpc) is 2.41. The molecule has 2 aromatic rings. The van der Waals surface area contributed by atoms with E-state index in [0.29, 0.717) is 5.02 Å². The van der Waals surface area contributed by atoms with E-state index in [-0.39, 0.29) is 21.9 Å². The third kappa shape index (κ3) is 2.72. The number of hydrogen-bond donors (Lipinski definition) is 0. The molecular weight excluding hydrogens is 290 g/mol. The largest absolute Gasteiger partial charge is 0.494 e. The van der Waals surface area contributed by atoms with Gasteiger partial charge in [0.05, 0.1) is 17.7 Å². The molecule has 0 spiro atoms. The molecule has 2 aromatic carbocycles. The summed E-state index contributed by atoms with van der Waals surface area (Å²) >= 11 is 11.8. The van der Waals surface area contributed by atoms with Crippen LogP contribution in [0.2, 0.25) is 10.0 Å². The van der Waals surface area contributed by atoms with Gasteiger partial charge in [-0.05, 0) is 30.3 Å². The van der Waals surface area contributed by atoms with E-state index in [9.17, 15) is 9.18 Å². The molecule has 98 valence electrons. The fourth-order valence-electron chi connectivity index (χ4n) is 1.66. The Morgan fingerprint density at radius 2 is 1.89 bits per heavy atom. The molecule has 0 aromatic heterocycles. The number of rotatable bonds is 3. The molecule has 0 saturated carbocycles. The molecule has 0 amide bonds. The molecule has 0 fully saturated rings. The van der Waals surface area contributed by atoms with Gasteiger partial charge in [-0.1, -0.05) is 29.3 Å². The Bertz CT molecular complexity index is 641. The van der Waals surface area contributed by atoms with Gasteiger partial charge in [0.2, 0.25) is 0 Å². The van der Waals surface area contributed by atoms with E-state index in [1.807, 2.05) is 0 Å². The van der Waals surface area contributed by atoms with E-state index in [4.69, 9.17) is 27.9 Å². The number of ether oxygens (including phenoxy) is 1. The van der Waals surface area contributed by atoms with Crippen LogP contribution in [-0.2, 0) is 0 Å². The van der Waals surface area contributed by atoms with Crippen LogP contribution in [0, 0.1) is 5.82 Å². The van der Waals surface area contributed by atoms with Crippen molar-refractivity contribution in [3.8, 4) is 5.75 Å². The summed E-state index contributed by atoms with van der Waals surface area (Å²) in [5.74, 6) is -1.25. The third-order valence-electron chi connectivity index (χ3n) is 2.60. The predicted molar refractivity (Wildman–Crippen MR) is 72.8 cm³/mol. The summed E-state index contributed by atoms with van der Waals surface area (Å²) in [5, 5.41) is 0.577. The maximum atomic E-state index is 14.0. The second kappa shape index (κ2) is 5.59. The summed E-state index contributed by atoms with van der Waals surface area (Å²) in [6.45, 7) is 0. The molecule has 0 aliphatic carbocycles. The molecule has 0 saturated heterocycles.